The third-order valence-electron chi connectivity index (χ3n) is 4.16. The van der Waals surface area contributed by atoms with Gasteiger partial charge in [-0.1, -0.05) is 74.1 Å². The third kappa shape index (κ3) is 4.69. The molecule has 0 aliphatic heterocycles. The average Bonchev–Trinajstić information content (AvgIpc) is 2.61. The summed E-state index contributed by atoms with van der Waals surface area (Å²) in [5.41, 5.74) is 3.10. The molecule has 0 saturated carbocycles. The second-order valence-electron chi connectivity index (χ2n) is 6.70. The van der Waals surface area contributed by atoms with E-state index >= 15 is 0 Å². The summed E-state index contributed by atoms with van der Waals surface area (Å²) >= 11 is 0. The van der Waals surface area contributed by atoms with Crippen molar-refractivity contribution in [2.45, 2.75) is 34.1 Å². The zero-order valence-corrected chi connectivity index (χ0v) is 14.5. The van der Waals surface area contributed by atoms with Crippen LogP contribution in [-0.2, 0) is 9.53 Å². The summed E-state index contributed by atoms with van der Waals surface area (Å²) in [6.07, 6.45) is 9.32. The smallest absolute Gasteiger partial charge is 0.334 e. The topological polar surface area (TPSA) is 26.3 Å². The number of benzene rings is 1. The number of ether oxygens (including phenoxy) is 1. The van der Waals surface area contributed by atoms with Crippen molar-refractivity contribution < 1.29 is 9.53 Å². The normalized spacial score (nSPS) is 20.6. The fraction of sp³-hybridized carbons (Fsp3) is 0.381. The van der Waals surface area contributed by atoms with Crippen LogP contribution in [0.25, 0.3) is 6.08 Å². The Morgan fingerprint density at radius 3 is 2.65 bits per heavy atom. The van der Waals surface area contributed by atoms with E-state index in [0.717, 1.165) is 5.57 Å². The molecule has 2 rings (SSSR count). The van der Waals surface area contributed by atoms with Crippen LogP contribution < -0.4 is 0 Å². The monoisotopic (exact) mass is 310 g/mol. The summed E-state index contributed by atoms with van der Waals surface area (Å²) in [6.45, 7) is 8.75. The number of hydrogen-bond donors (Lipinski definition) is 0. The number of hydrogen-bond acceptors (Lipinski definition) is 2. The first kappa shape index (κ1) is 17.3. The Morgan fingerprint density at radius 1 is 1.30 bits per heavy atom. The van der Waals surface area contributed by atoms with Gasteiger partial charge in [-0.2, -0.15) is 0 Å². The molecule has 0 aromatic heterocycles. The minimum Gasteiger partial charge on any atom is -0.463 e. The minimum absolute atomic E-state index is 0.0381. The minimum atomic E-state index is -0.198. The van der Waals surface area contributed by atoms with Crippen LogP contribution in [0.4, 0.5) is 0 Å². The lowest BCUT2D eigenvalue weighted by Crippen LogP contribution is -2.18. The molecular weight excluding hydrogens is 284 g/mol. The van der Waals surface area contributed by atoms with Crippen LogP contribution in [0.5, 0.6) is 0 Å². The zero-order chi connectivity index (χ0) is 16.9. The molecule has 122 valence electrons. The van der Waals surface area contributed by atoms with Crippen molar-refractivity contribution in [2.75, 3.05) is 6.61 Å². The molecule has 2 nitrogen and oxygen atoms in total. The second kappa shape index (κ2) is 7.45. The number of rotatable bonds is 4. The van der Waals surface area contributed by atoms with E-state index in [-0.39, 0.29) is 17.3 Å². The van der Waals surface area contributed by atoms with Gasteiger partial charge in [0, 0.05) is 11.5 Å². The summed E-state index contributed by atoms with van der Waals surface area (Å²) in [5.74, 6) is -0.0457. The summed E-state index contributed by atoms with van der Waals surface area (Å²) in [7, 11) is 0. The molecule has 1 aliphatic rings. The van der Waals surface area contributed by atoms with Crippen molar-refractivity contribution in [1.29, 1.82) is 0 Å². The van der Waals surface area contributed by atoms with Crippen molar-refractivity contribution in [3.63, 3.8) is 0 Å². The van der Waals surface area contributed by atoms with Gasteiger partial charge in [0.2, 0.25) is 0 Å². The molecule has 1 aromatic carbocycles. The molecule has 23 heavy (non-hydrogen) atoms. The predicted molar refractivity (Wildman–Crippen MR) is 95.8 cm³/mol. The first-order valence-corrected chi connectivity index (χ1v) is 8.22. The highest BCUT2D eigenvalue weighted by Gasteiger charge is 2.28. The van der Waals surface area contributed by atoms with Crippen LogP contribution in [0.3, 0.4) is 0 Å². The Morgan fingerprint density at radius 2 is 2.00 bits per heavy atom. The highest BCUT2D eigenvalue weighted by atomic mass is 16.5. The van der Waals surface area contributed by atoms with E-state index in [9.17, 15) is 4.79 Å². The van der Waals surface area contributed by atoms with E-state index in [1.807, 2.05) is 25.1 Å². The third-order valence-corrected chi connectivity index (χ3v) is 4.16. The molecule has 1 atom stereocenters. The number of allylic oxidation sites excluding steroid dienone is 4. The SMILES string of the molecule is CCOC(=O)C1=CC(/C=C/c2ccccc2)C(C)(C)C=C(C)C1. The summed E-state index contributed by atoms with van der Waals surface area (Å²) < 4.78 is 5.21. The lowest BCUT2D eigenvalue weighted by Gasteiger charge is -2.26. The number of carbonyl (C=O) groups is 1. The van der Waals surface area contributed by atoms with Gasteiger partial charge in [-0.25, -0.2) is 4.79 Å². The largest absolute Gasteiger partial charge is 0.463 e. The predicted octanol–water partition coefficient (Wildman–Crippen LogP) is 5.18. The van der Waals surface area contributed by atoms with Crippen LogP contribution in [0.1, 0.15) is 39.7 Å². The Hall–Kier alpha value is -2.09. The Bertz CT molecular complexity index is 633. The number of carbonyl (C=O) groups excluding carboxylic acids is 1. The van der Waals surface area contributed by atoms with E-state index in [1.165, 1.54) is 11.1 Å². The van der Waals surface area contributed by atoms with Gasteiger partial charge in [0.05, 0.1) is 6.61 Å². The summed E-state index contributed by atoms with van der Waals surface area (Å²) in [6, 6.07) is 10.2. The number of esters is 1. The molecule has 1 aliphatic carbocycles. The van der Waals surface area contributed by atoms with E-state index in [1.54, 1.807) is 0 Å². The van der Waals surface area contributed by atoms with Crippen molar-refractivity contribution in [1.82, 2.24) is 0 Å². The Labute approximate surface area is 139 Å². The molecule has 2 heteroatoms. The lowest BCUT2D eigenvalue weighted by atomic mass is 9.78. The quantitative estimate of drug-likeness (QED) is 0.565. The molecule has 1 unspecified atom stereocenters. The van der Waals surface area contributed by atoms with E-state index in [4.69, 9.17) is 4.74 Å². The molecule has 1 aromatic rings. The molecule has 0 amide bonds. The zero-order valence-electron chi connectivity index (χ0n) is 14.5. The first-order chi connectivity index (χ1) is 10.9. The van der Waals surface area contributed by atoms with Gasteiger partial charge in [0.25, 0.3) is 0 Å². The van der Waals surface area contributed by atoms with Crippen molar-refractivity contribution in [3.8, 4) is 0 Å². The van der Waals surface area contributed by atoms with Crippen LogP contribution in [0.15, 0.2) is 59.7 Å². The van der Waals surface area contributed by atoms with Crippen molar-refractivity contribution in [3.05, 3.63) is 65.3 Å². The van der Waals surface area contributed by atoms with E-state index < -0.39 is 0 Å². The van der Waals surface area contributed by atoms with Gasteiger partial charge in [-0.15, -0.1) is 0 Å². The first-order valence-electron chi connectivity index (χ1n) is 8.22. The van der Waals surface area contributed by atoms with Crippen molar-refractivity contribution >= 4 is 12.0 Å². The molecule has 0 bridgehead atoms. The maximum atomic E-state index is 12.2. The molecule has 0 fully saturated rings. The molecule has 0 heterocycles. The van der Waals surface area contributed by atoms with E-state index in [2.05, 4.69) is 57.2 Å². The Kier molecular flexibility index (Phi) is 5.59. The maximum absolute atomic E-state index is 12.2. The van der Waals surface area contributed by atoms with Gasteiger partial charge in [0.1, 0.15) is 0 Å². The summed E-state index contributed by atoms with van der Waals surface area (Å²) in [4.78, 5) is 12.2. The van der Waals surface area contributed by atoms with Gasteiger partial charge < -0.3 is 4.74 Å². The van der Waals surface area contributed by atoms with Gasteiger partial charge in [-0.05, 0) is 31.2 Å². The average molecular weight is 310 g/mol. The van der Waals surface area contributed by atoms with Gasteiger partial charge in [0.15, 0.2) is 0 Å². The molecule has 0 radical (unpaired) electrons. The van der Waals surface area contributed by atoms with Crippen LogP contribution in [0.2, 0.25) is 0 Å². The van der Waals surface area contributed by atoms with Gasteiger partial charge >= 0.3 is 5.97 Å². The van der Waals surface area contributed by atoms with Crippen molar-refractivity contribution in [2.24, 2.45) is 11.3 Å². The molecular formula is C21H26O2. The Balaban J connectivity index is 2.34. The fourth-order valence-corrected chi connectivity index (χ4v) is 3.02. The second-order valence-corrected chi connectivity index (χ2v) is 6.70. The van der Waals surface area contributed by atoms with Crippen LogP contribution in [-0.4, -0.2) is 12.6 Å². The lowest BCUT2D eigenvalue weighted by molar-refractivity contribution is -0.138. The van der Waals surface area contributed by atoms with Crippen LogP contribution >= 0.6 is 0 Å². The molecule has 0 N–H and O–H groups in total. The molecule has 0 spiro atoms. The van der Waals surface area contributed by atoms with Crippen LogP contribution in [0, 0.1) is 11.3 Å². The highest BCUT2D eigenvalue weighted by molar-refractivity contribution is 5.89. The maximum Gasteiger partial charge on any atom is 0.334 e. The fourth-order valence-electron chi connectivity index (χ4n) is 3.02. The van der Waals surface area contributed by atoms with E-state index in [0.29, 0.717) is 13.0 Å². The molecule has 0 saturated heterocycles. The van der Waals surface area contributed by atoms with Gasteiger partial charge in [-0.3, -0.25) is 0 Å². The standard InChI is InChI=1S/C21H26O2/c1-5-23-20(22)18-13-16(2)15-21(3,4)19(14-18)12-11-17-9-7-6-8-10-17/h6-12,14-15,19H,5,13H2,1-4H3/b12-11+. The summed E-state index contributed by atoms with van der Waals surface area (Å²) in [5, 5.41) is 0. The highest BCUT2D eigenvalue weighted by Crippen LogP contribution is 2.37.